The Morgan fingerprint density at radius 2 is 1.78 bits per heavy atom. The summed E-state index contributed by atoms with van der Waals surface area (Å²) >= 11 is 0. The van der Waals surface area contributed by atoms with Crippen LogP contribution >= 0.6 is 0 Å². The first-order valence-electron chi connectivity index (χ1n) is 12.4. The smallest absolute Gasteiger partial charge is 0.213 e. The largest absolute Gasteiger partial charge is 0.296 e. The first kappa shape index (κ1) is 16.0. The molecule has 2 aromatic heterocycles. The van der Waals surface area contributed by atoms with Crippen LogP contribution in [0.1, 0.15) is 32.2 Å². The maximum atomic E-state index is 8.19. The molecule has 1 aliphatic heterocycles. The van der Waals surface area contributed by atoms with E-state index in [-0.39, 0.29) is 0 Å². The van der Waals surface area contributed by atoms with Crippen LogP contribution < -0.4 is 4.57 Å². The summed E-state index contributed by atoms with van der Waals surface area (Å²) < 4.78 is 28.8. The van der Waals surface area contributed by atoms with E-state index >= 15 is 0 Å². The highest BCUT2D eigenvalue weighted by molar-refractivity contribution is 5.83. The van der Waals surface area contributed by atoms with Crippen LogP contribution in [-0.4, -0.2) is 9.55 Å². The Hall–Kier alpha value is -3.72. The first-order chi connectivity index (χ1) is 16.7. The lowest BCUT2D eigenvalue weighted by Crippen LogP contribution is -2.32. The average Bonchev–Trinajstić information content (AvgIpc) is 3.35. The number of aryl methyl sites for hydroxylation is 4. The van der Waals surface area contributed by atoms with E-state index in [0.29, 0.717) is 5.56 Å². The van der Waals surface area contributed by atoms with Crippen molar-refractivity contribution in [3.63, 3.8) is 0 Å². The van der Waals surface area contributed by atoms with Crippen LogP contribution in [0.2, 0.25) is 0 Å². The number of nitrogens with zero attached hydrogens (tertiary/aromatic N) is 3. The van der Waals surface area contributed by atoms with Crippen LogP contribution in [0.5, 0.6) is 0 Å². The number of pyridine rings is 1. The Morgan fingerprint density at radius 1 is 0.969 bits per heavy atom. The van der Waals surface area contributed by atoms with E-state index in [9.17, 15) is 0 Å². The fraction of sp³-hybridized carbons (Fsp3) is 0.172. The number of benzene rings is 3. The molecule has 3 aromatic carbocycles. The van der Waals surface area contributed by atoms with Gasteiger partial charge in [-0.1, -0.05) is 48.0 Å². The van der Waals surface area contributed by atoms with E-state index < -0.39 is 6.85 Å². The number of imidazole rings is 1. The Bertz CT molecular complexity index is 1630. The molecule has 156 valence electrons. The summed E-state index contributed by atoms with van der Waals surface area (Å²) in [5.41, 5.74) is 10.9. The molecule has 3 heterocycles. The summed E-state index contributed by atoms with van der Waals surface area (Å²) in [5.74, 6) is 1.04. The van der Waals surface area contributed by atoms with Crippen LogP contribution in [0.3, 0.4) is 0 Å². The molecule has 32 heavy (non-hydrogen) atoms. The number of para-hydroxylation sites is 2. The van der Waals surface area contributed by atoms with E-state index in [4.69, 9.17) is 9.10 Å². The van der Waals surface area contributed by atoms with Crippen molar-refractivity contribution in [2.75, 3.05) is 0 Å². The van der Waals surface area contributed by atoms with Crippen molar-refractivity contribution in [2.45, 2.75) is 27.1 Å². The second-order valence-corrected chi connectivity index (χ2v) is 8.75. The quantitative estimate of drug-likeness (QED) is 0.315. The molecule has 0 fully saturated rings. The van der Waals surface area contributed by atoms with E-state index in [1.54, 1.807) is 6.20 Å². The Kier molecular flexibility index (Phi) is 3.44. The van der Waals surface area contributed by atoms with Gasteiger partial charge in [0.2, 0.25) is 5.69 Å². The second kappa shape index (κ2) is 6.89. The number of hydrogen-bond donors (Lipinski definition) is 0. The van der Waals surface area contributed by atoms with Gasteiger partial charge in [0.25, 0.3) is 0 Å². The summed E-state index contributed by atoms with van der Waals surface area (Å²) in [4.78, 5) is 4.90. The van der Waals surface area contributed by atoms with Crippen molar-refractivity contribution in [3.8, 4) is 28.1 Å². The fourth-order valence-corrected chi connectivity index (χ4v) is 4.99. The third kappa shape index (κ3) is 2.74. The molecule has 0 aliphatic carbocycles. The van der Waals surface area contributed by atoms with E-state index in [1.165, 1.54) is 5.56 Å². The van der Waals surface area contributed by atoms with E-state index in [2.05, 4.69) is 35.8 Å². The molecule has 5 aromatic rings. The van der Waals surface area contributed by atoms with Gasteiger partial charge in [-0.3, -0.25) is 4.57 Å². The highest BCUT2D eigenvalue weighted by Crippen LogP contribution is 2.39. The molecular weight excluding hydrogens is 390 g/mol. The maximum absolute atomic E-state index is 8.19. The summed E-state index contributed by atoms with van der Waals surface area (Å²) in [7, 11) is 1.94. The zero-order chi connectivity index (χ0) is 24.5. The molecule has 0 atom stereocenters. The van der Waals surface area contributed by atoms with Gasteiger partial charge in [-0.25, -0.2) is 9.55 Å². The molecule has 6 rings (SSSR count). The molecule has 0 amide bonds. The predicted octanol–water partition coefficient (Wildman–Crippen LogP) is 6.01. The third-order valence-corrected chi connectivity index (χ3v) is 6.60. The summed E-state index contributed by atoms with van der Waals surface area (Å²) in [6.07, 6.45) is 2.52. The van der Waals surface area contributed by atoms with Crippen LogP contribution in [0.25, 0.3) is 39.1 Å². The molecule has 0 radical (unpaired) electrons. The van der Waals surface area contributed by atoms with Gasteiger partial charge in [-0.15, -0.1) is 0 Å². The second-order valence-electron chi connectivity index (χ2n) is 8.75. The minimum atomic E-state index is -2.22. The third-order valence-electron chi connectivity index (χ3n) is 6.60. The first-order valence-corrected chi connectivity index (χ1v) is 10.9. The number of rotatable bonds is 2. The standard InChI is InChI=1S/C29H26N3/c1-18-9-12-21(13-10-18)22-15-27(31(4)17-20(22)3)29-19(2)11-14-25-23(29)16-28-30-24-7-5-6-8-26(24)32(25)28/h5-15,17H,16H2,1-4H3/q+1/i3D3. The molecule has 0 saturated heterocycles. The van der Waals surface area contributed by atoms with Crippen molar-refractivity contribution in [2.24, 2.45) is 7.05 Å². The highest BCUT2D eigenvalue weighted by Gasteiger charge is 2.29. The molecule has 0 N–H and O–H groups in total. The topological polar surface area (TPSA) is 21.7 Å². The average molecular weight is 420 g/mol. The van der Waals surface area contributed by atoms with Crippen molar-refractivity contribution in [1.82, 2.24) is 9.55 Å². The molecule has 1 aliphatic rings. The summed E-state index contributed by atoms with van der Waals surface area (Å²) in [5, 5.41) is 0. The Morgan fingerprint density at radius 3 is 2.59 bits per heavy atom. The van der Waals surface area contributed by atoms with Gasteiger partial charge in [0.15, 0.2) is 6.20 Å². The van der Waals surface area contributed by atoms with Crippen molar-refractivity contribution < 1.29 is 8.68 Å². The predicted molar refractivity (Wildman–Crippen MR) is 130 cm³/mol. The van der Waals surface area contributed by atoms with E-state index in [0.717, 1.165) is 62.5 Å². The molecule has 0 bridgehead atoms. The highest BCUT2D eigenvalue weighted by atomic mass is 15.1. The van der Waals surface area contributed by atoms with Crippen LogP contribution in [0.4, 0.5) is 0 Å². The van der Waals surface area contributed by atoms with E-state index in [1.807, 2.05) is 61.0 Å². The van der Waals surface area contributed by atoms with Gasteiger partial charge < -0.3 is 0 Å². The molecule has 0 unspecified atom stereocenters. The summed E-state index contributed by atoms with van der Waals surface area (Å²) in [6.45, 7) is 1.94. The van der Waals surface area contributed by atoms with Crippen LogP contribution in [0.15, 0.2) is 72.9 Å². The maximum Gasteiger partial charge on any atom is 0.213 e. The van der Waals surface area contributed by atoms with Gasteiger partial charge >= 0.3 is 0 Å². The lowest BCUT2D eigenvalue weighted by Gasteiger charge is -2.14. The van der Waals surface area contributed by atoms with Gasteiger partial charge in [-0.05, 0) is 61.2 Å². The minimum Gasteiger partial charge on any atom is -0.296 e. The van der Waals surface area contributed by atoms with Gasteiger partial charge in [0.1, 0.15) is 12.9 Å². The monoisotopic (exact) mass is 419 g/mol. The zero-order valence-electron chi connectivity index (χ0n) is 21.5. The van der Waals surface area contributed by atoms with Gasteiger partial charge in [0.05, 0.1) is 22.3 Å². The SMILES string of the molecule is [2H]C([2H])([2H])c1c[n+](C)c(-c2c(C)ccc3c2Cc2nc4ccccc4n2-3)cc1-c1ccc(C)cc1. The fourth-order valence-electron chi connectivity index (χ4n) is 4.99. The Balaban J connectivity index is 1.61. The van der Waals surface area contributed by atoms with Crippen LogP contribution in [-0.2, 0) is 13.5 Å². The lowest BCUT2D eigenvalue weighted by molar-refractivity contribution is -0.660. The van der Waals surface area contributed by atoms with Gasteiger partial charge in [0, 0.05) is 22.2 Å². The molecule has 0 spiro atoms. The number of hydrogen-bond acceptors (Lipinski definition) is 1. The normalized spacial score (nSPS) is 14.0. The molecular formula is C29H26N3+. The van der Waals surface area contributed by atoms with Crippen molar-refractivity contribution in [3.05, 3.63) is 101 Å². The zero-order valence-corrected chi connectivity index (χ0v) is 18.5. The molecule has 3 heteroatoms. The Labute approximate surface area is 192 Å². The number of fused-ring (bicyclic) bond motifs is 5. The molecule has 0 saturated carbocycles. The van der Waals surface area contributed by atoms with Crippen LogP contribution in [0, 0.1) is 20.7 Å². The number of aromatic nitrogens is 3. The summed E-state index contributed by atoms with van der Waals surface area (Å²) in [6, 6.07) is 22.7. The minimum absolute atomic E-state index is 0.358. The van der Waals surface area contributed by atoms with Crippen molar-refractivity contribution in [1.29, 1.82) is 0 Å². The molecule has 3 nitrogen and oxygen atoms in total. The van der Waals surface area contributed by atoms with Crippen molar-refractivity contribution >= 4 is 11.0 Å². The lowest BCUT2D eigenvalue weighted by atomic mass is 9.92. The van der Waals surface area contributed by atoms with Gasteiger partial charge in [-0.2, -0.15) is 0 Å².